The fraction of sp³-hybridized carbons (Fsp3) is 0.632. The Morgan fingerprint density at radius 3 is 1.92 bits per heavy atom. The van der Waals surface area contributed by atoms with Crippen LogP contribution in [0.2, 0.25) is 0 Å². The van der Waals surface area contributed by atoms with E-state index in [0.717, 1.165) is 48.8 Å². The van der Waals surface area contributed by atoms with Crippen molar-refractivity contribution in [2.75, 3.05) is 6.61 Å². The van der Waals surface area contributed by atoms with E-state index in [9.17, 15) is 15.0 Å². The van der Waals surface area contributed by atoms with Crippen molar-refractivity contribution in [1.82, 2.24) is 0 Å². The van der Waals surface area contributed by atoms with E-state index in [4.69, 9.17) is 9.78 Å². The van der Waals surface area contributed by atoms with Gasteiger partial charge < -0.3 is 15.1 Å². The number of benzene rings is 1. The number of aromatic hydroxyl groups is 1. The zero-order valence-electron chi connectivity index (χ0n) is 15.3. The molecule has 1 rings (SSSR count). The Hall–Kier alpha value is -1.75. The molecule has 2 N–H and O–H groups in total. The quantitative estimate of drug-likeness (QED) is 0.348. The number of rotatable bonds is 11. The summed E-state index contributed by atoms with van der Waals surface area (Å²) in [6, 6.07) is 0. The summed E-state index contributed by atoms with van der Waals surface area (Å²) in [5.41, 5.74) is 2.55. The Bertz CT molecular complexity index is 551. The van der Waals surface area contributed by atoms with Crippen LogP contribution in [0.25, 0.3) is 0 Å². The standard InChI is InChI=1S/C19H30O5/c1-5-9-13-14(10-6-2)16(19(21)22)17(20)18(15(13)11-7-3)24-23-12-8-4/h20H,5-12H2,1-4H3,(H,21,22). The third-order valence-electron chi connectivity index (χ3n) is 3.90. The molecule has 0 spiro atoms. The molecule has 0 aliphatic rings. The fourth-order valence-electron chi connectivity index (χ4n) is 2.97. The number of aromatic carboxylic acids is 1. The molecule has 5 heteroatoms. The average molecular weight is 338 g/mol. The first-order valence-electron chi connectivity index (χ1n) is 8.95. The smallest absolute Gasteiger partial charge is 0.339 e. The Morgan fingerprint density at radius 1 is 0.875 bits per heavy atom. The van der Waals surface area contributed by atoms with E-state index in [1.54, 1.807) is 0 Å². The summed E-state index contributed by atoms with van der Waals surface area (Å²) < 4.78 is 0. The minimum absolute atomic E-state index is 0.0461. The summed E-state index contributed by atoms with van der Waals surface area (Å²) in [5.74, 6) is -1.27. The Kier molecular flexibility index (Phi) is 8.61. The van der Waals surface area contributed by atoms with E-state index in [1.165, 1.54) is 0 Å². The largest absolute Gasteiger partial charge is 0.504 e. The number of hydrogen-bond acceptors (Lipinski definition) is 4. The third-order valence-corrected chi connectivity index (χ3v) is 3.90. The van der Waals surface area contributed by atoms with Gasteiger partial charge >= 0.3 is 5.97 Å². The van der Waals surface area contributed by atoms with Crippen molar-refractivity contribution in [3.63, 3.8) is 0 Å². The topological polar surface area (TPSA) is 76.0 Å². The Labute approximate surface area is 144 Å². The number of carbonyl (C=O) groups is 1. The highest BCUT2D eigenvalue weighted by Crippen LogP contribution is 2.41. The maximum absolute atomic E-state index is 11.8. The van der Waals surface area contributed by atoms with Crippen LogP contribution in [0.1, 0.15) is 80.4 Å². The average Bonchev–Trinajstić information content (AvgIpc) is 2.53. The van der Waals surface area contributed by atoms with Gasteiger partial charge in [-0.25, -0.2) is 4.79 Å². The lowest BCUT2D eigenvalue weighted by Crippen LogP contribution is -2.13. The molecule has 0 saturated heterocycles. The van der Waals surface area contributed by atoms with E-state index in [-0.39, 0.29) is 17.1 Å². The summed E-state index contributed by atoms with van der Waals surface area (Å²) in [5, 5.41) is 20.2. The van der Waals surface area contributed by atoms with E-state index >= 15 is 0 Å². The number of hydrogen-bond donors (Lipinski definition) is 2. The SMILES string of the molecule is CCCOOc1c(O)c(C(=O)O)c(CCC)c(CCC)c1CCC. The molecule has 0 atom stereocenters. The van der Waals surface area contributed by atoms with Crippen LogP contribution in [0.3, 0.4) is 0 Å². The molecule has 0 heterocycles. The van der Waals surface area contributed by atoms with Gasteiger partial charge in [0.15, 0.2) is 5.75 Å². The van der Waals surface area contributed by atoms with Crippen LogP contribution < -0.4 is 4.89 Å². The molecular weight excluding hydrogens is 308 g/mol. The van der Waals surface area contributed by atoms with Gasteiger partial charge in [-0.05, 0) is 36.8 Å². The van der Waals surface area contributed by atoms with Crippen molar-refractivity contribution in [3.05, 3.63) is 22.3 Å². The van der Waals surface area contributed by atoms with Crippen LogP contribution in [-0.2, 0) is 24.2 Å². The van der Waals surface area contributed by atoms with Gasteiger partial charge in [0.05, 0.1) is 6.61 Å². The molecule has 0 saturated carbocycles. The van der Waals surface area contributed by atoms with Crippen molar-refractivity contribution < 1.29 is 24.8 Å². The van der Waals surface area contributed by atoms with Crippen LogP contribution in [-0.4, -0.2) is 22.8 Å². The molecular formula is C19H30O5. The molecule has 0 fully saturated rings. The summed E-state index contributed by atoms with van der Waals surface area (Å²) in [6.07, 6.45) is 5.45. The molecule has 0 bridgehead atoms. The van der Waals surface area contributed by atoms with Gasteiger partial charge in [-0.2, -0.15) is 4.89 Å². The highest BCUT2D eigenvalue weighted by molar-refractivity contribution is 5.94. The van der Waals surface area contributed by atoms with Crippen molar-refractivity contribution in [3.8, 4) is 11.5 Å². The molecule has 1 aromatic rings. The third kappa shape index (κ3) is 4.63. The van der Waals surface area contributed by atoms with Gasteiger partial charge in [0.2, 0.25) is 5.75 Å². The highest BCUT2D eigenvalue weighted by atomic mass is 17.2. The highest BCUT2D eigenvalue weighted by Gasteiger charge is 2.28. The van der Waals surface area contributed by atoms with Gasteiger partial charge in [-0.15, -0.1) is 0 Å². The normalized spacial score (nSPS) is 10.8. The second kappa shape index (κ2) is 10.2. The zero-order chi connectivity index (χ0) is 18.1. The number of phenols is 1. The first-order chi connectivity index (χ1) is 11.5. The summed E-state index contributed by atoms with van der Waals surface area (Å²) >= 11 is 0. The van der Waals surface area contributed by atoms with Gasteiger partial charge in [-0.3, -0.25) is 0 Å². The fourth-order valence-corrected chi connectivity index (χ4v) is 2.97. The number of carboxylic acid groups (broad SMARTS) is 1. The molecule has 24 heavy (non-hydrogen) atoms. The van der Waals surface area contributed by atoms with E-state index in [0.29, 0.717) is 19.4 Å². The van der Waals surface area contributed by atoms with Gasteiger partial charge in [0.25, 0.3) is 0 Å². The van der Waals surface area contributed by atoms with E-state index in [2.05, 4.69) is 6.92 Å². The van der Waals surface area contributed by atoms with Gasteiger partial charge in [0, 0.05) is 5.56 Å². The first-order valence-corrected chi connectivity index (χ1v) is 8.95. The maximum atomic E-state index is 11.8. The number of carboxylic acids is 1. The minimum atomic E-state index is -1.13. The van der Waals surface area contributed by atoms with E-state index < -0.39 is 5.97 Å². The molecule has 136 valence electrons. The van der Waals surface area contributed by atoms with Crippen molar-refractivity contribution >= 4 is 5.97 Å². The minimum Gasteiger partial charge on any atom is -0.504 e. The molecule has 1 aromatic carbocycles. The summed E-state index contributed by atoms with van der Waals surface area (Å²) in [6.45, 7) is 8.45. The molecule has 0 amide bonds. The second-order valence-electron chi connectivity index (χ2n) is 5.95. The Balaban J connectivity index is 3.62. The lowest BCUT2D eigenvalue weighted by Gasteiger charge is -2.21. The predicted octanol–water partition coefficient (Wildman–Crippen LogP) is 4.67. The van der Waals surface area contributed by atoms with Crippen molar-refractivity contribution in [2.24, 2.45) is 0 Å². The van der Waals surface area contributed by atoms with Crippen LogP contribution >= 0.6 is 0 Å². The van der Waals surface area contributed by atoms with Gasteiger partial charge in [-0.1, -0.05) is 47.0 Å². The van der Waals surface area contributed by atoms with E-state index in [1.807, 2.05) is 20.8 Å². The molecule has 0 radical (unpaired) electrons. The van der Waals surface area contributed by atoms with Crippen molar-refractivity contribution in [1.29, 1.82) is 0 Å². The van der Waals surface area contributed by atoms with Gasteiger partial charge in [0.1, 0.15) is 5.56 Å². The molecule has 0 aromatic heterocycles. The van der Waals surface area contributed by atoms with Crippen LogP contribution in [0, 0.1) is 0 Å². The maximum Gasteiger partial charge on any atom is 0.339 e. The molecule has 5 nitrogen and oxygen atoms in total. The Morgan fingerprint density at radius 2 is 1.42 bits per heavy atom. The monoisotopic (exact) mass is 338 g/mol. The summed E-state index contributed by atoms with van der Waals surface area (Å²) in [4.78, 5) is 22.3. The second-order valence-corrected chi connectivity index (χ2v) is 5.95. The van der Waals surface area contributed by atoms with Crippen LogP contribution in [0.4, 0.5) is 0 Å². The molecule has 0 unspecified atom stereocenters. The molecule has 0 aliphatic heterocycles. The summed E-state index contributed by atoms with van der Waals surface area (Å²) in [7, 11) is 0. The first kappa shape index (κ1) is 20.3. The van der Waals surface area contributed by atoms with Crippen molar-refractivity contribution in [2.45, 2.75) is 72.6 Å². The lowest BCUT2D eigenvalue weighted by atomic mass is 9.87. The molecule has 0 aliphatic carbocycles. The van der Waals surface area contributed by atoms with Crippen LogP contribution in [0.5, 0.6) is 11.5 Å². The predicted molar refractivity (Wildman–Crippen MR) is 93.9 cm³/mol. The lowest BCUT2D eigenvalue weighted by molar-refractivity contribution is -0.207. The van der Waals surface area contributed by atoms with Crippen LogP contribution in [0.15, 0.2) is 0 Å². The zero-order valence-corrected chi connectivity index (χ0v) is 15.3.